The number of sulfonamides is 1. The topological polar surface area (TPSA) is 66.5 Å². The molecule has 0 radical (unpaired) electrons. The zero-order valence-electron chi connectivity index (χ0n) is 21.8. The minimum atomic E-state index is -4.42. The summed E-state index contributed by atoms with van der Waals surface area (Å²) in [5.74, 6) is -4.15. The number of amides is 1. The number of carbonyl (C=O) groups is 1. The Morgan fingerprint density at radius 1 is 0.878 bits per heavy atom. The van der Waals surface area contributed by atoms with E-state index in [0.29, 0.717) is 21.7 Å². The molecule has 0 heterocycles. The van der Waals surface area contributed by atoms with Gasteiger partial charge < -0.3 is 5.32 Å². The molecule has 1 N–H and O–H groups in total. The number of hydrogen-bond acceptors (Lipinski definition) is 3. The second kappa shape index (κ2) is 12.7. The minimum absolute atomic E-state index is 0.00826. The van der Waals surface area contributed by atoms with Gasteiger partial charge >= 0.3 is 0 Å². The summed E-state index contributed by atoms with van der Waals surface area (Å²) < 4.78 is 84.4. The highest BCUT2D eigenvalue weighted by atomic mass is 35.5. The molecule has 0 aromatic heterocycles. The molecule has 0 aliphatic carbocycles. The number of nitrogens with one attached hydrogen (secondary N) is 1. The molecular formula is C30H25ClF4N2O3S. The van der Waals surface area contributed by atoms with Crippen molar-refractivity contribution in [2.75, 3.05) is 4.31 Å². The first-order chi connectivity index (χ1) is 19.5. The maximum absolute atomic E-state index is 15.0. The van der Waals surface area contributed by atoms with Crippen LogP contribution in [-0.4, -0.2) is 14.3 Å². The summed E-state index contributed by atoms with van der Waals surface area (Å²) in [6.45, 7) is 1.53. The Balaban J connectivity index is 1.62. The van der Waals surface area contributed by atoms with Gasteiger partial charge in [0.2, 0.25) is 5.91 Å². The molecule has 0 saturated carbocycles. The smallest absolute Gasteiger partial charge is 0.264 e. The van der Waals surface area contributed by atoms with Crippen molar-refractivity contribution in [3.8, 4) is 0 Å². The van der Waals surface area contributed by atoms with Crippen molar-refractivity contribution in [1.82, 2.24) is 5.32 Å². The van der Waals surface area contributed by atoms with E-state index in [9.17, 15) is 26.4 Å². The lowest BCUT2D eigenvalue weighted by atomic mass is 9.97. The van der Waals surface area contributed by atoms with Crippen LogP contribution in [-0.2, 0) is 27.8 Å². The van der Waals surface area contributed by atoms with Gasteiger partial charge in [-0.3, -0.25) is 9.10 Å². The molecular weight excluding hydrogens is 580 g/mol. The fraction of sp³-hybridized carbons (Fsp3) is 0.167. The van der Waals surface area contributed by atoms with Crippen LogP contribution in [0.25, 0.3) is 0 Å². The van der Waals surface area contributed by atoms with Crippen LogP contribution in [0.2, 0.25) is 5.02 Å². The Morgan fingerprint density at radius 3 is 2.27 bits per heavy atom. The van der Waals surface area contributed by atoms with Gasteiger partial charge in [-0.15, -0.1) is 0 Å². The van der Waals surface area contributed by atoms with Gasteiger partial charge in [0.15, 0.2) is 11.6 Å². The molecule has 5 nitrogen and oxygen atoms in total. The Labute approximate surface area is 240 Å². The molecule has 1 amide bonds. The SMILES string of the molecule is C[C@H](c1ccccc1CCC(=O)NCc1ccc(F)c(F)c1)N(c1cc(F)ccc1F)S(=O)(=O)c1ccc(Cl)cc1. The molecule has 0 aliphatic rings. The normalized spacial score (nSPS) is 12.1. The Morgan fingerprint density at radius 2 is 1.56 bits per heavy atom. The van der Waals surface area contributed by atoms with Crippen molar-refractivity contribution in [3.63, 3.8) is 0 Å². The number of benzene rings is 4. The van der Waals surface area contributed by atoms with Crippen molar-refractivity contribution in [1.29, 1.82) is 0 Å². The number of rotatable bonds is 10. The molecule has 1 atom stereocenters. The highest BCUT2D eigenvalue weighted by Gasteiger charge is 2.33. The molecule has 0 unspecified atom stereocenters. The van der Waals surface area contributed by atoms with Gasteiger partial charge in [0.05, 0.1) is 16.6 Å². The minimum Gasteiger partial charge on any atom is -0.352 e. The summed E-state index contributed by atoms with van der Waals surface area (Å²) in [7, 11) is -4.42. The molecule has 214 valence electrons. The zero-order valence-corrected chi connectivity index (χ0v) is 23.3. The van der Waals surface area contributed by atoms with Crippen LogP contribution in [0.5, 0.6) is 0 Å². The van der Waals surface area contributed by atoms with Crippen LogP contribution in [0.15, 0.2) is 89.8 Å². The summed E-state index contributed by atoms with van der Waals surface area (Å²) >= 11 is 5.93. The first-order valence-corrected chi connectivity index (χ1v) is 14.3. The van der Waals surface area contributed by atoms with Crippen molar-refractivity contribution in [3.05, 3.63) is 130 Å². The van der Waals surface area contributed by atoms with Gasteiger partial charge in [0, 0.05) is 24.1 Å². The molecule has 11 heteroatoms. The summed E-state index contributed by atoms with van der Waals surface area (Å²) in [6.07, 6.45) is 0.177. The quantitative estimate of drug-likeness (QED) is 0.196. The molecule has 0 aliphatic heterocycles. The third kappa shape index (κ3) is 7.07. The number of hydrogen-bond donors (Lipinski definition) is 1. The maximum atomic E-state index is 15.0. The van der Waals surface area contributed by atoms with Crippen molar-refractivity contribution in [2.45, 2.75) is 37.2 Å². The van der Waals surface area contributed by atoms with Crippen LogP contribution in [0.4, 0.5) is 23.2 Å². The van der Waals surface area contributed by atoms with E-state index in [1.54, 1.807) is 31.2 Å². The average Bonchev–Trinajstić information content (AvgIpc) is 2.94. The van der Waals surface area contributed by atoms with Crippen molar-refractivity contribution >= 4 is 33.2 Å². The third-order valence-corrected chi connectivity index (χ3v) is 8.62. The van der Waals surface area contributed by atoms with Gasteiger partial charge in [-0.05, 0) is 78.6 Å². The lowest BCUT2D eigenvalue weighted by molar-refractivity contribution is -0.121. The maximum Gasteiger partial charge on any atom is 0.264 e. The lowest BCUT2D eigenvalue weighted by Gasteiger charge is -2.32. The van der Waals surface area contributed by atoms with E-state index >= 15 is 4.39 Å². The van der Waals surface area contributed by atoms with Crippen molar-refractivity contribution in [2.24, 2.45) is 0 Å². The second-order valence-corrected chi connectivity index (χ2v) is 11.5. The summed E-state index contributed by atoms with van der Waals surface area (Å²) in [5, 5.41) is 2.94. The highest BCUT2D eigenvalue weighted by Crippen LogP contribution is 2.37. The van der Waals surface area contributed by atoms with Gasteiger partial charge in [-0.25, -0.2) is 26.0 Å². The second-order valence-electron chi connectivity index (χ2n) is 9.25. The molecule has 41 heavy (non-hydrogen) atoms. The molecule has 4 aromatic rings. The van der Waals surface area contributed by atoms with E-state index in [2.05, 4.69) is 5.32 Å². The molecule has 0 spiro atoms. The Hall–Kier alpha value is -3.89. The van der Waals surface area contributed by atoms with Gasteiger partial charge in [-0.2, -0.15) is 0 Å². The summed E-state index contributed by atoms with van der Waals surface area (Å²) in [6, 6.07) is 16.9. The van der Waals surface area contributed by atoms with Crippen LogP contribution in [0.1, 0.15) is 36.1 Å². The predicted octanol–water partition coefficient (Wildman–Crippen LogP) is 7.10. The first kappa shape index (κ1) is 30.1. The van der Waals surface area contributed by atoms with Gasteiger partial charge in [-0.1, -0.05) is 41.9 Å². The molecule has 0 bridgehead atoms. The van der Waals surface area contributed by atoms with E-state index in [0.717, 1.165) is 34.6 Å². The number of halogens is 5. The molecule has 0 saturated heterocycles. The fourth-order valence-corrected chi connectivity index (χ4v) is 6.17. The van der Waals surface area contributed by atoms with Gasteiger partial charge in [0.25, 0.3) is 10.0 Å². The molecule has 0 fully saturated rings. The van der Waals surface area contributed by atoms with E-state index < -0.39 is 45.0 Å². The van der Waals surface area contributed by atoms with Crippen LogP contribution >= 0.6 is 11.6 Å². The monoisotopic (exact) mass is 604 g/mol. The van der Waals surface area contributed by atoms with Crippen molar-refractivity contribution < 1.29 is 30.8 Å². The summed E-state index contributed by atoms with van der Waals surface area (Å²) in [5.41, 5.74) is 0.983. The lowest BCUT2D eigenvalue weighted by Crippen LogP contribution is -2.35. The van der Waals surface area contributed by atoms with Gasteiger partial charge in [0.1, 0.15) is 11.6 Å². The fourth-order valence-electron chi connectivity index (χ4n) is 4.40. The van der Waals surface area contributed by atoms with E-state index in [1.807, 2.05) is 0 Å². The zero-order chi connectivity index (χ0) is 29.7. The van der Waals surface area contributed by atoms with Crippen LogP contribution < -0.4 is 9.62 Å². The first-order valence-electron chi connectivity index (χ1n) is 12.5. The largest absolute Gasteiger partial charge is 0.352 e. The molecule has 4 rings (SSSR count). The predicted molar refractivity (Wildman–Crippen MR) is 149 cm³/mol. The van der Waals surface area contributed by atoms with Crippen LogP contribution in [0.3, 0.4) is 0 Å². The third-order valence-electron chi connectivity index (χ3n) is 6.47. The van der Waals surface area contributed by atoms with Crippen LogP contribution in [0, 0.1) is 23.3 Å². The highest BCUT2D eigenvalue weighted by molar-refractivity contribution is 7.92. The number of aryl methyl sites for hydroxylation is 1. The van der Waals surface area contributed by atoms with E-state index in [4.69, 9.17) is 11.6 Å². The average molecular weight is 605 g/mol. The molecule has 4 aromatic carbocycles. The number of carbonyl (C=O) groups excluding carboxylic acids is 1. The van der Waals surface area contributed by atoms with E-state index in [-0.39, 0.29) is 30.2 Å². The number of nitrogens with zero attached hydrogens (tertiary/aromatic N) is 1. The Bertz CT molecular complexity index is 1670. The Kier molecular flexibility index (Phi) is 9.35. The summed E-state index contributed by atoms with van der Waals surface area (Å²) in [4.78, 5) is 12.4. The van der Waals surface area contributed by atoms with E-state index in [1.165, 1.54) is 30.3 Å². The number of anilines is 1. The standard InChI is InChI=1S/C30H25ClF4N2O3S/c1-19(37(29-17-23(32)10-14-27(29)34)41(39,40)24-11-8-22(31)9-12-24)25-5-3-2-4-21(25)7-15-30(38)36-18-20-6-13-26(33)28(35)16-20/h2-6,8-14,16-17,19H,7,15,18H2,1H3,(H,36,38)/t19-/m1/s1.